The second-order valence-electron chi connectivity index (χ2n) is 4.83. The van der Waals surface area contributed by atoms with Crippen LogP contribution in [0.1, 0.15) is 30.3 Å². The summed E-state index contributed by atoms with van der Waals surface area (Å²) in [5, 5.41) is 4.46. The molecule has 1 aromatic carbocycles. The van der Waals surface area contributed by atoms with E-state index < -0.39 is 0 Å². The van der Waals surface area contributed by atoms with E-state index in [1.165, 1.54) is 5.56 Å². The van der Waals surface area contributed by atoms with Gasteiger partial charge in [-0.15, -0.1) is 0 Å². The van der Waals surface area contributed by atoms with E-state index in [9.17, 15) is 0 Å². The molecule has 0 unspecified atom stereocenters. The van der Waals surface area contributed by atoms with Gasteiger partial charge in [-0.1, -0.05) is 37.3 Å². The molecule has 0 aliphatic carbocycles. The van der Waals surface area contributed by atoms with Crippen molar-refractivity contribution in [3.63, 3.8) is 0 Å². The molecule has 0 amide bonds. The van der Waals surface area contributed by atoms with Crippen LogP contribution in [0.3, 0.4) is 0 Å². The van der Waals surface area contributed by atoms with Gasteiger partial charge in [-0.2, -0.15) is 5.10 Å². The van der Waals surface area contributed by atoms with Crippen LogP contribution in [0.25, 0.3) is 0 Å². The molecule has 0 radical (unpaired) electrons. The summed E-state index contributed by atoms with van der Waals surface area (Å²) in [7, 11) is 1.96. The highest BCUT2D eigenvalue weighted by Gasteiger charge is 2.12. The number of aryl methyl sites for hydroxylation is 3. The van der Waals surface area contributed by atoms with Crippen molar-refractivity contribution in [2.75, 3.05) is 6.61 Å². The second kappa shape index (κ2) is 7.60. The van der Waals surface area contributed by atoms with Gasteiger partial charge < -0.3 is 4.74 Å². The van der Waals surface area contributed by atoms with Gasteiger partial charge in [-0.25, -0.2) is 0 Å². The summed E-state index contributed by atoms with van der Waals surface area (Å²) in [6.45, 7) is 3.49. The van der Waals surface area contributed by atoms with E-state index >= 15 is 0 Å². The van der Waals surface area contributed by atoms with Crippen LogP contribution in [0.2, 0.25) is 0 Å². The number of hydrogen-bond acceptors (Lipinski definition) is 2. The topological polar surface area (TPSA) is 27.1 Å². The maximum Gasteiger partial charge on any atom is 0.0896 e. The third-order valence-electron chi connectivity index (χ3n) is 3.34. The molecular weight excluding hydrogens is 316 g/mol. The van der Waals surface area contributed by atoms with Crippen molar-refractivity contribution in [2.24, 2.45) is 7.05 Å². The van der Waals surface area contributed by atoms with E-state index in [1.54, 1.807) is 0 Å². The Balaban J connectivity index is 1.75. The second-order valence-corrected chi connectivity index (χ2v) is 5.62. The molecule has 0 aliphatic heterocycles. The maximum absolute atomic E-state index is 5.77. The van der Waals surface area contributed by atoms with Gasteiger partial charge in [-0.05, 0) is 40.8 Å². The van der Waals surface area contributed by atoms with Crippen LogP contribution in [0, 0.1) is 0 Å². The van der Waals surface area contributed by atoms with Crippen molar-refractivity contribution in [1.82, 2.24) is 9.78 Å². The standard InChI is InChI=1S/C16H21BrN2O/c1-3-14-16(17)15(19(2)18-14)12-20-11-7-10-13-8-5-4-6-9-13/h4-6,8-9H,3,7,10-12H2,1-2H3. The minimum absolute atomic E-state index is 0.610. The predicted molar refractivity (Wildman–Crippen MR) is 84.7 cm³/mol. The lowest BCUT2D eigenvalue weighted by Gasteiger charge is -2.05. The van der Waals surface area contributed by atoms with Gasteiger partial charge in [0.25, 0.3) is 0 Å². The number of hydrogen-bond donors (Lipinski definition) is 0. The summed E-state index contributed by atoms with van der Waals surface area (Å²) < 4.78 is 8.76. The average Bonchev–Trinajstić information content (AvgIpc) is 2.75. The summed E-state index contributed by atoms with van der Waals surface area (Å²) in [4.78, 5) is 0. The van der Waals surface area contributed by atoms with E-state index in [-0.39, 0.29) is 0 Å². The molecule has 2 rings (SSSR count). The van der Waals surface area contributed by atoms with Gasteiger partial charge in [-0.3, -0.25) is 4.68 Å². The van der Waals surface area contributed by atoms with E-state index in [0.717, 1.165) is 41.7 Å². The van der Waals surface area contributed by atoms with E-state index in [2.05, 4.69) is 52.2 Å². The summed E-state index contributed by atoms with van der Waals surface area (Å²) in [6, 6.07) is 10.5. The van der Waals surface area contributed by atoms with Gasteiger partial charge in [0, 0.05) is 13.7 Å². The van der Waals surface area contributed by atoms with E-state index in [0.29, 0.717) is 6.61 Å². The van der Waals surface area contributed by atoms with Gasteiger partial charge >= 0.3 is 0 Å². The fraction of sp³-hybridized carbons (Fsp3) is 0.438. The first kappa shape index (κ1) is 15.3. The smallest absolute Gasteiger partial charge is 0.0896 e. The zero-order valence-electron chi connectivity index (χ0n) is 12.1. The normalized spacial score (nSPS) is 10.9. The molecule has 1 aromatic heterocycles. The summed E-state index contributed by atoms with van der Waals surface area (Å²) in [5.74, 6) is 0. The fourth-order valence-corrected chi connectivity index (χ4v) is 2.90. The molecule has 20 heavy (non-hydrogen) atoms. The van der Waals surface area contributed by atoms with E-state index in [4.69, 9.17) is 4.74 Å². The molecule has 0 saturated heterocycles. The monoisotopic (exact) mass is 336 g/mol. The van der Waals surface area contributed by atoms with Crippen LogP contribution in [-0.4, -0.2) is 16.4 Å². The molecule has 0 aliphatic rings. The third-order valence-corrected chi connectivity index (χ3v) is 4.25. The number of ether oxygens (including phenoxy) is 1. The Labute approximate surface area is 129 Å². The molecule has 0 spiro atoms. The van der Waals surface area contributed by atoms with Crippen LogP contribution >= 0.6 is 15.9 Å². The Kier molecular flexibility index (Phi) is 5.80. The third kappa shape index (κ3) is 3.93. The maximum atomic E-state index is 5.77. The number of benzene rings is 1. The quantitative estimate of drug-likeness (QED) is 0.717. The van der Waals surface area contributed by atoms with Gasteiger partial charge in [0.2, 0.25) is 0 Å². The minimum Gasteiger partial charge on any atom is -0.375 e. The Morgan fingerprint density at radius 3 is 2.65 bits per heavy atom. The van der Waals surface area contributed by atoms with Crippen LogP contribution in [0.5, 0.6) is 0 Å². The molecule has 3 nitrogen and oxygen atoms in total. The molecule has 2 aromatic rings. The summed E-state index contributed by atoms with van der Waals surface area (Å²) >= 11 is 3.60. The molecule has 108 valence electrons. The van der Waals surface area contributed by atoms with Crippen molar-refractivity contribution < 1.29 is 4.74 Å². The Hall–Kier alpha value is -1.13. The number of nitrogens with zero attached hydrogens (tertiary/aromatic N) is 2. The molecule has 0 saturated carbocycles. The zero-order chi connectivity index (χ0) is 14.4. The lowest BCUT2D eigenvalue weighted by atomic mass is 10.1. The summed E-state index contributed by atoms with van der Waals surface area (Å²) in [6.07, 6.45) is 3.04. The van der Waals surface area contributed by atoms with Gasteiger partial charge in [0.15, 0.2) is 0 Å². The molecule has 1 heterocycles. The van der Waals surface area contributed by atoms with Crippen LogP contribution in [-0.2, 0) is 31.2 Å². The molecule has 0 fully saturated rings. The van der Waals surface area contributed by atoms with Crippen molar-refractivity contribution in [2.45, 2.75) is 32.8 Å². The van der Waals surface area contributed by atoms with Gasteiger partial charge in [0.05, 0.1) is 22.5 Å². The predicted octanol–water partition coefficient (Wildman–Crippen LogP) is 3.89. The largest absolute Gasteiger partial charge is 0.375 e. The lowest BCUT2D eigenvalue weighted by molar-refractivity contribution is 0.113. The van der Waals surface area contributed by atoms with Gasteiger partial charge in [0.1, 0.15) is 0 Å². The van der Waals surface area contributed by atoms with Crippen LogP contribution in [0.4, 0.5) is 0 Å². The number of halogens is 1. The highest BCUT2D eigenvalue weighted by molar-refractivity contribution is 9.10. The minimum atomic E-state index is 0.610. The molecular formula is C16H21BrN2O. The van der Waals surface area contributed by atoms with Crippen molar-refractivity contribution >= 4 is 15.9 Å². The molecule has 0 N–H and O–H groups in total. The number of rotatable bonds is 7. The Morgan fingerprint density at radius 2 is 2.00 bits per heavy atom. The van der Waals surface area contributed by atoms with Crippen LogP contribution in [0.15, 0.2) is 34.8 Å². The fourth-order valence-electron chi connectivity index (χ4n) is 2.17. The van der Waals surface area contributed by atoms with Crippen LogP contribution < -0.4 is 0 Å². The first-order valence-corrected chi connectivity index (χ1v) is 7.83. The van der Waals surface area contributed by atoms with Crippen molar-refractivity contribution in [1.29, 1.82) is 0 Å². The highest BCUT2D eigenvalue weighted by atomic mass is 79.9. The SMILES string of the molecule is CCc1nn(C)c(COCCCc2ccccc2)c1Br. The Morgan fingerprint density at radius 1 is 1.25 bits per heavy atom. The molecule has 0 bridgehead atoms. The van der Waals surface area contributed by atoms with E-state index in [1.807, 2.05) is 17.8 Å². The summed E-state index contributed by atoms with van der Waals surface area (Å²) in [5.41, 5.74) is 3.57. The zero-order valence-corrected chi connectivity index (χ0v) is 13.7. The van der Waals surface area contributed by atoms with Crippen molar-refractivity contribution in [3.8, 4) is 0 Å². The average molecular weight is 337 g/mol. The first-order chi connectivity index (χ1) is 9.72. The first-order valence-electron chi connectivity index (χ1n) is 7.04. The molecule has 4 heteroatoms. The van der Waals surface area contributed by atoms with Crippen molar-refractivity contribution in [3.05, 3.63) is 51.8 Å². The number of aromatic nitrogens is 2. The Bertz CT molecular complexity index is 537. The molecule has 0 atom stereocenters. The lowest BCUT2D eigenvalue weighted by Crippen LogP contribution is -2.03. The highest BCUT2D eigenvalue weighted by Crippen LogP contribution is 2.22.